The minimum absolute atomic E-state index is 0.304. The molecule has 2 atom stereocenters. The highest BCUT2D eigenvalue weighted by Gasteiger charge is 2.57. The van der Waals surface area contributed by atoms with Crippen LogP contribution in [0.2, 0.25) is 0 Å². The fraction of sp³-hybridized carbons (Fsp3) is 0.812. The average molecular weight is 260 g/mol. The van der Waals surface area contributed by atoms with E-state index in [4.69, 9.17) is 10.2 Å². The van der Waals surface area contributed by atoms with Gasteiger partial charge in [-0.05, 0) is 55.8 Å². The summed E-state index contributed by atoms with van der Waals surface area (Å²) in [5.74, 6) is 3.85. The highest BCUT2D eigenvalue weighted by atomic mass is 16.4. The lowest BCUT2D eigenvalue weighted by atomic mass is 9.44. The van der Waals surface area contributed by atoms with Crippen molar-refractivity contribution in [3.63, 3.8) is 0 Å². The van der Waals surface area contributed by atoms with E-state index >= 15 is 0 Å². The van der Waals surface area contributed by atoms with Gasteiger partial charge in [0.15, 0.2) is 5.89 Å². The first-order valence-electron chi connectivity index (χ1n) is 7.76. The molecule has 1 aromatic heterocycles. The van der Waals surface area contributed by atoms with Gasteiger partial charge in [-0.25, -0.2) is 4.98 Å². The molecule has 2 unspecified atom stereocenters. The first-order chi connectivity index (χ1) is 9.11. The summed E-state index contributed by atoms with van der Waals surface area (Å²) in [6, 6.07) is 0. The highest BCUT2D eigenvalue weighted by molar-refractivity contribution is 5.21. The van der Waals surface area contributed by atoms with E-state index in [1.54, 1.807) is 0 Å². The van der Waals surface area contributed by atoms with Crippen molar-refractivity contribution in [3.8, 4) is 0 Å². The van der Waals surface area contributed by atoms with Crippen molar-refractivity contribution >= 4 is 0 Å². The molecule has 0 amide bonds. The van der Waals surface area contributed by atoms with Crippen LogP contribution < -0.4 is 5.73 Å². The Labute approximate surface area is 115 Å². The van der Waals surface area contributed by atoms with E-state index in [1.165, 1.54) is 38.5 Å². The molecule has 4 bridgehead atoms. The normalized spacial score (nSPS) is 43.9. The van der Waals surface area contributed by atoms with Crippen LogP contribution in [0, 0.1) is 17.3 Å². The zero-order chi connectivity index (χ0) is 13.1. The molecule has 0 saturated heterocycles. The molecular formula is C16H24N2O. The van der Waals surface area contributed by atoms with Crippen molar-refractivity contribution in [1.82, 2.24) is 4.98 Å². The van der Waals surface area contributed by atoms with E-state index in [-0.39, 0.29) is 0 Å². The Morgan fingerprint density at radius 2 is 2.05 bits per heavy atom. The first-order valence-corrected chi connectivity index (χ1v) is 7.76. The molecule has 4 saturated carbocycles. The second-order valence-electron chi connectivity index (χ2n) is 7.71. The van der Waals surface area contributed by atoms with Crippen molar-refractivity contribution in [3.05, 3.63) is 17.8 Å². The Morgan fingerprint density at radius 1 is 1.32 bits per heavy atom. The SMILES string of the molecule is CC12CC3CC(C1)CC(c1cnc(CCN)o1)(C3)C2. The van der Waals surface area contributed by atoms with Gasteiger partial charge in [0.25, 0.3) is 0 Å². The lowest BCUT2D eigenvalue weighted by molar-refractivity contribution is -0.0692. The smallest absolute Gasteiger partial charge is 0.195 e. The molecule has 3 heteroatoms. The molecule has 2 N–H and O–H groups in total. The fourth-order valence-electron chi connectivity index (χ4n) is 5.80. The maximum Gasteiger partial charge on any atom is 0.195 e. The lowest BCUT2D eigenvalue weighted by Gasteiger charge is -2.60. The molecule has 3 nitrogen and oxygen atoms in total. The maximum atomic E-state index is 6.06. The number of nitrogens with two attached hydrogens (primary N) is 1. The summed E-state index contributed by atoms with van der Waals surface area (Å²) in [5, 5.41) is 0. The number of oxazole rings is 1. The molecule has 104 valence electrons. The Balaban J connectivity index is 1.69. The lowest BCUT2D eigenvalue weighted by Crippen LogP contribution is -2.52. The van der Waals surface area contributed by atoms with Gasteiger partial charge in [0.2, 0.25) is 0 Å². The Hall–Kier alpha value is -0.830. The first kappa shape index (κ1) is 12.0. The van der Waals surface area contributed by atoms with Gasteiger partial charge < -0.3 is 10.2 Å². The molecule has 1 heterocycles. The van der Waals surface area contributed by atoms with Crippen LogP contribution in [0.5, 0.6) is 0 Å². The van der Waals surface area contributed by atoms with Gasteiger partial charge in [-0.3, -0.25) is 0 Å². The molecule has 0 radical (unpaired) electrons. The quantitative estimate of drug-likeness (QED) is 0.908. The van der Waals surface area contributed by atoms with Crippen LogP contribution in [0.1, 0.15) is 57.1 Å². The standard InChI is InChI=1S/C16H24N2O/c1-15-5-11-4-12(6-15)8-16(7-11,10-15)13-9-18-14(19-13)2-3-17/h9,11-12H,2-8,10,17H2,1H3. The summed E-state index contributed by atoms with van der Waals surface area (Å²) in [6.07, 6.45) is 11.1. The zero-order valence-corrected chi connectivity index (χ0v) is 11.8. The van der Waals surface area contributed by atoms with Crippen LogP contribution in [0.25, 0.3) is 0 Å². The van der Waals surface area contributed by atoms with Gasteiger partial charge in [0.1, 0.15) is 5.76 Å². The molecule has 1 aromatic rings. The predicted octanol–water partition coefficient (Wildman–Crippen LogP) is 3.03. The van der Waals surface area contributed by atoms with Crippen LogP contribution in [-0.4, -0.2) is 11.5 Å². The third kappa shape index (κ3) is 1.78. The molecule has 0 spiro atoms. The second-order valence-corrected chi connectivity index (χ2v) is 7.71. The minimum atomic E-state index is 0.304. The van der Waals surface area contributed by atoms with E-state index < -0.39 is 0 Å². The van der Waals surface area contributed by atoms with Crippen LogP contribution in [0.4, 0.5) is 0 Å². The summed E-state index contributed by atoms with van der Waals surface area (Å²) in [4.78, 5) is 4.44. The molecule has 19 heavy (non-hydrogen) atoms. The van der Waals surface area contributed by atoms with Gasteiger partial charge in [-0.1, -0.05) is 6.92 Å². The molecule has 4 aliphatic rings. The molecule has 5 rings (SSSR count). The van der Waals surface area contributed by atoms with E-state index in [2.05, 4.69) is 11.9 Å². The van der Waals surface area contributed by atoms with Crippen LogP contribution in [-0.2, 0) is 11.8 Å². The van der Waals surface area contributed by atoms with Gasteiger partial charge in [-0.2, -0.15) is 0 Å². The highest BCUT2D eigenvalue weighted by Crippen LogP contribution is 2.65. The number of rotatable bonds is 3. The summed E-state index contributed by atoms with van der Waals surface area (Å²) < 4.78 is 6.06. The van der Waals surface area contributed by atoms with Gasteiger partial charge >= 0.3 is 0 Å². The predicted molar refractivity (Wildman–Crippen MR) is 73.7 cm³/mol. The summed E-state index contributed by atoms with van der Waals surface area (Å²) >= 11 is 0. The van der Waals surface area contributed by atoms with Gasteiger partial charge in [0.05, 0.1) is 6.20 Å². The second kappa shape index (κ2) is 3.85. The summed E-state index contributed by atoms with van der Waals surface area (Å²) in [5.41, 5.74) is 6.46. The molecule has 4 fully saturated rings. The van der Waals surface area contributed by atoms with Crippen molar-refractivity contribution in [2.75, 3.05) is 6.54 Å². The third-order valence-electron chi connectivity index (χ3n) is 5.79. The monoisotopic (exact) mass is 260 g/mol. The van der Waals surface area contributed by atoms with Gasteiger partial charge in [0, 0.05) is 18.4 Å². The maximum absolute atomic E-state index is 6.06. The number of nitrogens with zero attached hydrogens (tertiary/aromatic N) is 1. The molecule has 4 aliphatic carbocycles. The Kier molecular flexibility index (Phi) is 2.42. The summed E-state index contributed by atoms with van der Waals surface area (Å²) in [7, 11) is 0. The van der Waals surface area contributed by atoms with E-state index in [1.807, 2.05) is 6.20 Å². The van der Waals surface area contributed by atoms with Crippen molar-refractivity contribution in [2.45, 2.75) is 57.3 Å². The van der Waals surface area contributed by atoms with Gasteiger partial charge in [-0.15, -0.1) is 0 Å². The Morgan fingerprint density at radius 3 is 2.68 bits per heavy atom. The van der Waals surface area contributed by atoms with E-state index in [9.17, 15) is 0 Å². The average Bonchev–Trinajstić information content (AvgIpc) is 2.75. The molecule has 0 aliphatic heterocycles. The van der Waals surface area contributed by atoms with Crippen LogP contribution in [0.15, 0.2) is 10.6 Å². The van der Waals surface area contributed by atoms with E-state index in [0.717, 1.165) is 29.9 Å². The number of hydrogen-bond acceptors (Lipinski definition) is 3. The van der Waals surface area contributed by atoms with Crippen LogP contribution in [0.3, 0.4) is 0 Å². The largest absolute Gasteiger partial charge is 0.445 e. The topological polar surface area (TPSA) is 52.0 Å². The van der Waals surface area contributed by atoms with Crippen molar-refractivity contribution < 1.29 is 4.42 Å². The Bertz CT molecular complexity index is 479. The molecular weight excluding hydrogens is 236 g/mol. The number of aromatic nitrogens is 1. The minimum Gasteiger partial charge on any atom is -0.445 e. The molecule has 0 aromatic carbocycles. The van der Waals surface area contributed by atoms with Crippen molar-refractivity contribution in [2.24, 2.45) is 23.0 Å². The number of hydrogen-bond donors (Lipinski definition) is 1. The fourth-order valence-corrected chi connectivity index (χ4v) is 5.80. The van der Waals surface area contributed by atoms with E-state index in [0.29, 0.717) is 17.4 Å². The summed E-state index contributed by atoms with van der Waals surface area (Å²) in [6.45, 7) is 3.12. The van der Waals surface area contributed by atoms with Crippen molar-refractivity contribution in [1.29, 1.82) is 0 Å². The zero-order valence-electron chi connectivity index (χ0n) is 11.8. The third-order valence-corrected chi connectivity index (χ3v) is 5.79. The van der Waals surface area contributed by atoms with Crippen LogP contribution >= 0.6 is 0 Å².